The Kier molecular flexibility index (Phi) is 3.17. The minimum atomic E-state index is -6.19. The number of aromatic nitrogens is 2. The standard InChI is InChI=1S/C7H4F7N3/c8-5(6(9,10)11,7(12,13)14)17-4-15-2-1-3-16-4/h1-3H,(H,15,16,17). The molecule has 0 amide bonds. The van der Waals surface area contributed by atoms with Gasteiger partial charge in [-0.05, 0) is 6.07 Å². The van der Waals surface area contributed by atoms with Gasteiger partial charge < -0.3 is 5.32 Å². The summed E-state index contributed by atoms with van der Waals surface area (Å²) in [7, 11) is 0. The summed E-state index contributed by atoms with van der Waals surface area (Å²) < 4.78 is 85.5. The van der Waals surface area contributed by atoms with Gasteiger partial charge in [0.25, 0.3) is 0 Å². The van der Waals surface area contributed by atoms with Crippen LogP contribution in [0.25, 0.3) is 0 Å². The van der Waals surface area contributed by atoms with E-state index in [0.29, 0.717) is 5.32 Å². The summed E-state index contributed by atoms with van der Waals surface area (Å²) in [6.45, 7) is 0. The number of halogens is 7. The quantitative estimate of drug-likeness (QED) is 0.658. The number of hydrogen-bond acceptors (Lipinski definition) is 3. The molecule has 1 aromatic heterocycles. The molecule has 1 heterocycles. The molecule has 0 saturated carbocycles. The minimum Gasteiger partial charge on any atom is -0.307 e. The zero-order valence-electron chi connectivity index (χ0n) is 7.77. The maximum atomic E-state index is 13.1. The monoisotopic (exact) mass is 263 g/mol. The van der Waals surface area contributed by atoms with Crippen LogP contribution in [0.15, 0.2) is 18.5 Å². The molecule has 1 rings (SSSR count). The Morgan fingerprint density at radius 3 is 1.59 bits per heavy atom. The number of anilines is 1. The van der Waals surface area contributed by atoms with Crippen LogP contribution in [0.4, 0.5) is 36.7 Å². The lowest BCUT2D eigenvalue weighted by Gasteiger charge is -2.30. The summed E-state index contributed by atoms with van der Waals surface area (Å²) in [4.78, 5) is 6.06. The molecule has 0 aliphatic heterocycles. The summed E-state index contributed by atoms with van der Waals surface area (Å²) in [5, 5.41) is 0.596. The Labute approximate surface area is 89.7 Å². The largest absolute Gasteiger partial charge is 0.451 e. The second-order valence-electron chi connectivity index (χ2n) is 2.85. The number of nitrogens with one attached hydrogen (secondary N) is 1. The Hall–Kier alpha value is -1.61. The number of alkyl halides is 7. The van der Waals surface area contributed by atoms with Gasteiger partial charge in [-0.2, -0.15) is 30.7 Å². The van der Waals surface area contributed by atoms with Crippen molar-refractivity contribution in [2.45, 2.75) is 18.1 Å². The first-order valence-electron chi connectivity index (χ1n) is 3.95. The van der Waals surface area contributed by atoms with Crippen molar-refractivity contribution in [3.05, 3.63) is 18.5 Å². The smallest absolute Gasteiger partial charge is 0.307 e. The van der Waals surface area contributed by atoms with E-state index in [-0.39, 0.29) is 0 Å². The zero-order chi connectivity index (χ0) is 13.3. The van der Waals surface area contributed by atoms with Gasteiger partial charge in [0.05, 0.1) is 0 Å². The Balaban J connectivity index is 3.11. The van der Waals surface area contributed by atoms with Crippen LogP contribution in [0.2, 0.25) is 0 Å². The van der Waals surface area contributed by atoms with Gasteiger partial charge in [0, 0.05) is 12.4 Å². The third kappa shape index (κ3) is 2.56. The lowest BCUT2D eigenvalue weighted by atomic mass is 10.2. The Morgan fingerprint density at radius 2 is 1.24 bits per heavy atom. The van der Waals surface area contributed by atoms with E-state index in [4.69, 9.17) is 0 Å². The van der Waals surface area contributed by atoms with Gasteiger partial charge in [-0.1, -0.05) is 0 Å². The molecule has 1 N–H and O–H groups in total. The van der Waals surface area contributed by atoms with Gasteiger partial charge >= 0.3 is 18.1 Å². The third-order valence-corrected chi connectivity index (χ3v) is 1.63. The van der Waals surface area contributed by atoms with Crippen molar-refractivity contribution < 1.29 is 30.7 Å². The van der Waals surface area contributed by atoms with Crippen LogP contribution in [0.3, 0.4) is 0 Å². The molecule has 0 unspecified atom stereocenters. The van der Waals surface area contributed by atoms with E-state index >= 15 is 0 Å². The van der Waals surface area contributed by atoms with E-state index in [1.165, 1.54) is 0 Å². The lowest BCUT2D eigenvalue weighted by molar-refractivity contribution is -0.330. The summed E-state index contributed by atoms with van der Waals surface area (Å²) in [6, 6.07) is 1.15. The molecular weight excluding hydrogens is 259 g/mol. The first-order valence-corrected chi connectivity index (χ1v) is 3.95. The third-order valence-electron chi connectivity index (χ3n) is 1.63. The molecule has 0 aliphatic carbocycles. The fourth-order valence-corrected chi connectivity index (χ4v) is 0.820. The van der Waals surface area contributed by atoms with Crippen molar-refractivity contribution in [2.24, 2.45) is 0 Å². The summed E-state index contributed by atoms with van der Waals surface area (Å²) >= 11 is 0. The average molecular weight is 263 g/mol. The normalized spacial score (nSPS) is 13.6. The Morgan fingerprint density at radius 1 is 0.824 bits per heavy atom. The molecule has 1 aromatic rings. The molecule has 0 aromatic carbocycles. The van der Waals surface area contributed by atoms with E-state index in [0.717, 1.165) is 18.5 Å². The first-order chi connectivity index (χ1) is 7.58. The lowest BCUT2D eigenvalue weighted by Crippen LogP contribution is -2.59. The van der Waals surface area contributed by atoms with Gasteiger partial charge in [-0.25, -0.2) is 9.97 Å². The molecule has 0 spiro atoms. The van der Waals surface area contributed by atoms with Crippen molar-refractivity contribution in [3.63, 3.8) is 0 Å². The van der Waals surface area contributed by atoms with Gasteiger partial charge in [0.1, 0.15) is 0 Å². The van der Waals surface area contributed by atoms with Crippen LogP contribution in [0.5, 0.6) is 0 Å². The molecule has 96 valence electrons. The topological polar surface area (TPSA) is 37.8 Å². The number of hydrogen-bond donors (Lipinski definition) is 1. The first kappa shape index (κ1) is 13.5. The fourth-order valence-electron chi connectivity index (χ4n) is 0.820. The second-order valence-corrected chi connectivity index (χ2v) is 2.85. The molecule has 0 fully saturated rings. The van der Waals surface area contributed by atoms with Crippen molar-refractivity contribution in [2.75, 3.05) is 5.32 Å². The summed E-state index contributed by atoms with van der Waals surface area (Å²) in [5.74, 6) is -6.72. The summed E-state index contributed by atoms with van der Waals surface area (Å²) in [5.41, 5.74) is 0. The van der Waals surface area contributed by atoms with Gasteiger partial charge in [0.15, 0.2) is 0 Å². The van der Waals surface area contributed by atoms with Crippen molar-refractivity contribution in [1.82, 2.24) is 9.97 Å². The van der Waals surface area contributed by atoms with Crippen LogP contribution in [0, 0.1) is 0 Å². The van der Waals surface area contributed by atoms with Crippen LogP contribution >= 0.6 is 0 Å². The summed E-state index contributed by atoms with van der Waals surface area (Å²) in [6.07, 6.45) is -10.7. The van der Waals surface area contributed by atoms with Crippen LogP contribution in [-0.4, -0.2) is 28.1 Å². The second kappa shape index (κ2) is 4.00. The molecular formula is C7H4F7N3. The SMILES string of the molecule is FC(F)(F)C(F)(Nc1ncccn1)C(F)(F)F. The average Bonchev–Trinajstić information content (AvgIpc) is 2.15. The maximum Gasteiger partial charge on any atom is 0.451 e. The van der Waals surface area contributed by atoms with Crippen LogP contribution < -0.4 is 5.32 Å². The molecule has 17 heavy (non-hydrogen) atoms. The maximum absolute atomic E-state index is 13.1. The van der Waals surface area contributed by atoms with E-state index in [9.17, 15) is 30.7 Å². The van der Waals surface area contributed by atoms with Crippen molar-refractivity contribution in [1.29, 1.82) is 0 Å². The van der Waals surface area contributed by atoms with Gasteiger partial charge in [-0.3, -0.25) is 0 Å². The minimum absolute atomic E-state index is 0.596. The van der Waals surface area contributed by atoms with Crippen LogP contribution in [-0.2, 0) is 0 Å². The van der Waals surface area contributed by atoms with E-state index in [2.05, 4.69) is 9.97 Å². The fraction of sp³-hybridized carbons (Fsp3) is 0.429. The predicted molar refractivity (Wildman–Crippen MR) is 41.6 cm³/mol. The molecule has 3 nitrogen and oxygen atoms in total. The van der Waals surface area contributed by atoms with Gasteiger partial charge in [-0.15, -0.1) is 0 Å². The van der Waals surface area contributed by atoms with Gasteiger partial charge in [0.2, 0.25) is 5.95 Å². The molecule has 0 radical (unpaired) electrons. The van der Waals surface area contributed by atoms with E-state index in [1.54, 1.807) is 0 Å². The molecule has 0 bridgehead atoms. The highest BCUT2D eigenvalue weighted by Crippen LogP contribution is 2.45. The van der Waals surface area contributed by atoms with E-state index in [1.807, 2.05) is 0 Å². The van der Waals surface area contributed by atoms with Crippen molar-refractivity contribution >= 4 is 5.95 Å². The van der Waals surface area contributed by atoms with E-state index < -0.39 is 24.1 Å². The number of rotatable bonds is 2. The number of nitrogens with zero attached hydrogens (tertiary/aromatic N) is 2. The molecule has 0 saturated heterocycles. The van der Waals surface area contributed by atoms with Crippen molar-refractivity contribution in [3.8, 4) is 0 Å². The van der Waals surface area contributed by atoms with Crippen LogP contribution in [0.1, 0.15) is 0 Å². The highest BCUT2D eigenvalue weighted by Gasteiger charge is 2.73. The molecule has 0 aliphatic rings. The molecule has 10 heteroatoms. The zero-order valence-corrected chi connectivity index (χ0v) is 7.77. The highest BCUT2D eigenvalue weighted by molar-refractivity contribution is 5.29. The Bertz CT molecular complexity index is 357. The predicted octanol–water partition coefficient (Wildman–Crippen LogP) is 2.68. The highest BCUT2D eigenvalue weighted by atomic mass is 19.4. The molecule has 0 atom stereocenters.